The number of carbonyl (C=O) groups is 2. The normalized spacial score (nSPS) is 11.9. The SMILES string of the molecule is CCOC(=O)CCc1ccc(Cl)c(C(O)C(=O)O)c1. The van der Waals surface area contributed by atoms with Crippen LogP contribution in [0.3, 0.4) is 0 Å². The third kappa shape index (κ3) is 4.54. The minimum absolute atomic E-state index is 0.121. The maximum Gasteiger partial charge on any atom is 0.337 e. The number of aliphatic carboxylic acids is 1. The molecule has 0 aliphatic heterocycles. The van der Waals surface area contributed by atoms with Crippen molar-refractivity contribution in [3.8, 4) is 0 Å². The van der Waals surface area contributed by atoms with Gasteiger partial charge in [-0.3, -0.25) is 4.79 Å². The summed E-state index contributed by atoms with van der Waals surface area (Å²) in [6.45, 7) is 2.05. The van der Waals surface area contributed by atoms with Crippen molar-refractivity contribution in [2.45, 2.75) is 25.9 Å². The standard InChI is InChI=1S/C13H15ClO5/c1-2-19-11(15)6-4-8-3-5-10(14)9(7-8)12(16)13(17)18/h3,5,7,12,16H,2,4,6H2,1H3,(H,17,18). The summed E-state index contributed by atoms with van der Waals surface area (Å²) in [5.74, 6) is -1.69. The van der Waals surface area contributed by atoms with Crippen molar-refractivity contribution < 1.29 is 24.5 Å². The fourth-order valence-electron chi connectivity index (χ4n) is 1.57. The Hall–Kier alpha value is -1.59. The zero-order valence-electron chi connectivity index (χ0n) is 10.4. The summed E-state index contributed by atoms with van der Waals surface area (Å²) in [5, 5.41) is 18.4. The third-order valence-corrected chi connectivity index (χ3v) is 2.86. The lowest BCUT2D eigenvalue weighted by Crippen LogP contribution is -2.11. The zero-order chi connectivity index (χ0) is 14.4. The molecule has 2 N–H and O–H groups in total. The quantitative estimate of drug-likeness (QED) is 0.781. The minimum Gasteiger partial charge on any atom is -0.479 e. The van der Waals surface area contributed by atoms with E-state index in [0.717, 1.165) is 0 Å². The molecule has 0 aliphatic rings. The zero-order valence-corrected chi connectivity index (χ0v) is 11.2. The number of esters is 1. The van der Waals surface area contributed by atoms with E-state index in [2.05, 4.69) is 0 Å². The molecule has 0 aromatic heterocycles. The van der Waals surface area contributed by atoms with Crippen LogP contribution in [0.15, 0.2) is 18.2 Å². The van der Waals surface area contributed by atoms with Crippen LogP contribution in [0.1, 0.15) is 30.6 Å². The Morgan fingerprint density at radius 3 is 2.68 bits per heavy atom. The molecule has 0 radical (unpaired) electrons. The number of benzene rings is 1. The number of ether oxygens (including phenoxy) is 1. The first-order valence-electron chi connectivity index (χ1n) is 5.80. The molecule has 6 heteroatoms. The van der Waals surface area contributed by atoms with Crippen LogP contribution < -0.4 is 0 Å². The topological polar surface area (TPSA) is 83.8 Å². The average molecular weight is 287 g/mol. The van der Waals surface area contributed by atoms with Gasteiger partial charge < -0.3 is 14.9 Å². The van der Waals surface area contributed by atoms with Crippen LogP contribution in [-0.2, 0) is 20.7 Å². The van der Waals surface area contributed by atoms with E-state index < -0.39 is 12.1 Å². The summed E-state index contributed by atoms with van der Waals surface area (Å²) in [6, 6.07) is 4.67. The van der Waals surface area contributed by atoms with Crippen LogP contribution >= 0.6 is 11.6 Å². The molecule has 5 nitrogen and oxygen atoms in total. The molecule has 1 atom stereocenters. The van der Waals surface area contributed by atoms with Gasteiger partial charge in [0, 0.05) is 17.0 Å². The summed E-state index contributed by atoms with van der Waals surface area (Å²) < 4.78 is 4.79. The summed E-state index contributed by atoms with van der Waals surface area (Å²) in [6.07, 6.45) is -1.08. The van der Waals surface area contributed by atoms with Crippen molar-refractivity contribution in [1.82, 2.24) is 0 Å². The molecular weight excluding hydrogens is 272 g/mol. The van der Waals surface area contributed by atoms with Gasteiger partial charge in [0.05, 0.1) is 6.61 Å². The van der Waals surface area contributed by atoms with Crippen molar-refractivity contribution in [3.05, 3.63) is 34.3 Å². The molecule has 0 bridgehead atoms. The summed E-state index contributed by atoms with van der Waals surface area (Å²) in [4.78, 5) is 22.0. The van der Waals surface area contributed by atoms with Gasteiger partial charge in [0.25, 0.3) is 0 Å². The summed E-state index contributed by atoms with van der Waals surface area (Å²) in [7, 11) is 0. The van der Waals surface area contributed by atoms with Crippen LogP contribution in [0.25, 0.3) is 0 Å². The van der Waals surface area contributed by atoms with E-state index in [1.807, 2.05) is 0 Å². The Morgan fingerprint density at radius 2 is 2.11 bits per heavy atom. The number of hydrogen-bond acceptors (Lipinski definition) is 4. The van der Waals surface area contributed by atoms with Gasteiger partial charge in [0.2, 0.25) is 0 Å². The molecule has 0 aliphatic carbocycles. The summed E-state index contributed by atoms with van der Waals surface area (Å²) in [5.41, 5.74) is 0.836. The maximum absolute atomic E-state index is 11.2. The number of carbonyl (C=O) groups excluding carboxylic acids is 1. The molecule has 0 fully saturated rings. The number of aliphatic hydroxyl groups excluding tert-OH is 1. The lowest BCUT2D eigenvalue weighted by atomic mass is 10.0. The molecule has 0 spiro atoms. The van der Waals surface area contributed by atoms with E-state index in [0.29, 0.717) is 18.6 Å². The van der Waals surface area contributed by atoms with E-state index in [4.69, 9.17) is 21.4 Å². The Balaban J connectivity index is 2.79. The fourth-order valence-corrected chi connectivity index (χ4v) is 1.79. The van der Waals surface area contributed by atoms with Crippen molar-refractivity contribution in [2.75, 3.05) is 6.61 Å². The maximum atomic E-state index is 11.2. The van der Waals surface area contributed by atoms with Crippen LogP contribution in [0.2, 0.25) is 5.02 Å². The monoisotopic (exact) mass is 286 g/mol. The number of halogens is 1. The van der Waals surface area contributed by atoms with Crippen LogP contribution in [0, 0.1) is 0 Å². The lowest BCUT2D eigenvalue weighted by Gasteiger charge is -2.10. The molecule has 19 heavy (non-hydrogen) atoms. The van der Waals surface area contributed by atoms with Gasteiger partial charge in [0.1, 0.15) is 0 Å². The van der Waals surface area contributed by atoms with Crippen molar-refractivity contribution in [3.63, 3.8) is 0 Å². The van der Waals surface area contributed by atoms with Gasteiger partial charge in [-0.1, -0.05) is 23.7 Å². The molecule has 0 saturated carbocycles. The van der Waals surface area contributed by atoms with Crippen LogP contribution in [-0.4, -0.2) is 28.8 Å². The number of rotatable bonds is 6. The minimum atomic E-state index is -1.67. The second-order valence-corrected chi connectivity index (χ2v) is 4.31. The largest absolute Gasteiger partial charge is 0.479 e. The number of aryl methyl sites for hydroxylation is 1. The highest BCUT2D eigenvalue weighted by atomic mass is 35.5. The first kappa shape index (κ1) is 15.5. The van der Waals surface area contributed by atoms with Crippen LogP contribution in [0.4, 0.5) is 0 Å². The predicted octanol–water partition coefficient (Wildman–Crippen LogP) is 1.95. The average Bonchev–Trinajstić information content (AvgIpc) is 2.37. The Kier molecular flexibility index (Phi) is 5.79. The van der Waals surface area contributed by atoms with Gasteiger partial charge in [-0.25, -0.2) is 4.79 Å². The molecule has 1 aromatic rings. The van der Waals surface area contributed by atoms with E-state index >= 15 is 0 Å². The number of aliphatic hydroxyl groups is 1. The molecule has 0 heterocycles. The van der Waals surface area contributed by atoms with Crippen molar-refractivity contribution >= 4 is 23.5 Å². The van der Waals surface area contributed by atoms with E-state index in [9.17, 15) is 14.7 Å². The van der Waals surface area contributed by atoms with Crippen LogP contribution in [0.5, 0.6) is 0 Å². The van der Waals surface area contributed by atoms with Gasteiger partial charge in [0.15, 0.2) is 6.10 Å². The highest BCUT2D eigenvalue weighted by Crippen LogP contribution is 2.25. The highest BCUT2D eigenvalue weighted by molar-refractivity contribution is 6.31. The number of hydrogen-bond donors (Lipinski definition) is 2. The molecule has 1 rings (SSSR count). The molecule has 0 saturated heterocycles. The van der Waals surface area contributed by atoms with Gasteiger partial charge in [-0.2, -0.15) is 0 Å². The molecule has 1 unspecified atom stereocenters. The van der Waals surface area contributed by atoms with E-state index in [1.165, 1.54) is 12.1 Å². The molecule has 0 amide bonds. The predicted molar refractivity (Wildman–Crippen MR) is 69.0 cm³/mol. The van der Waals surface area contributed by atoms with Crippen molar-refractivity contribution in [2.24, 2.45) is 0 Å². The molecule has 1 aromatic carbocycles. The van der Waals surface area contributed by atoms with Crippen molar-refractivity contribution in [1.29, 1.82) is 0 Å². The van der Waals surface area contributed by atoms with Gasteiger partial charge in [-0.05, 0) is 25.0 Å². The fraction of sp³-hybridized carbons (Fsp3) is 0.385. The van der Waals surface area contributed by atoms with E-state index in [-0.39, 0.29) is 23.0 Å². The number of carboxylic acid groups (broad SMARTS) is 1. The van der Waals surface area contributed by atoms with E-state index in [1.54, 1.807) is 13.0 Å². The Bertz CT molecular complexity index is 472. The third-order valence-electron chi connectivity index (χ3n) is 2.51. The molecule has 104 valence electrons. The van der Waals surface area contributed by atoms with Gasteiger partial charge >= 0.3 is 11.9 Å². The smallest absolute Gasteiger partial charge is 0.337 e. The van der Waals surface area contributed by atoms with Gasteiger partial charge in [-0.15, -0.1) is 0 Å². The lowest BCUT2D eigenvalue weighted by molar-refractivity contribution is -0.147. The Labute approximate surface area is 115 Å². The number of carboxylic acids is 1. The highest BCUT2D eigenvalue weighted by Gasteiger charge is 2.19. The Morgan fingerprint density at radius 1 is 1.42 bits per heavy atom. The summed E-state index contributed by atoms with van der Waals surface area (Å²) >= 11 is 5.83. The first-order valence-corrected chi connectivity index (χ1v) is 6.18. The second kappa shape index (κ2) is 7.11. The second-order valence-electron chi connectivity index (χ2n) is 3.90. The first-order chi connectivity index (χ1) is 8.95. The molecular formula is C13H15ClO5.